The van der Waals surface area contributed by atoms with Crippen molar-refractivity contribution in [3.63, 3.8) is 0 Å². The number of carbonyl (C=O) groups excluding carboxylic acids is 1. The highest BCUT2D eigenvalue weighted by molar-refractivity contribution is 5.83. The summed E-state index contributed by atoms with van der Waals surface area (Å²) in [5.74, 6) is 0.219. The minimum Gasteiger partial charge on any atom is -0.352 e. The fourth-order valence-corrected chi connectivity index (χ4v) is 1.90. The third kappa shape index (κ3) is 2.89. The molecule has 2 heteroatoms. The molecule has 2 nitrogen and oxygen atoms in total. The lowest BCUT2D eigenvalue weighted by Crippen LogP contribution is -2.28. The van der Waals surface area contributed by atoms with E-state index in [1.165, 1.54) is 10.8 Å². The summed E-state index contributed by atoms with van der Waals surface area (Å²) in [5, 5.41) is 5.42. The molecular weight excluding hydrogens is 222 g/mol. The highest BCUT2D eigenvalue weighted by atomic mass is 16.1. The Bertz CT molecular complexity index is 548. The second-order valence-electron chi connectivity index (χ2n) is 4.71. The molecule has 0 aliphatic carbocycles. The molecule has 0 saturated heterocycles. The van der Waals surface area contributed by atoms with E-state index in [4.69, 9.17) is 0 Å². The molecule has 1 N–H and O–H groups in total. The summed E-state index contributed by atoms with van der Waals surface area (Å²) in [6.45, 7) is 4.59. The van der Waals surface area contributed by atoms with Gasteiger partial charge in [-0.1, -0.05) is 50.2 Å². The molecule has 0 heterocycles. The summed E-state index contributed by atoms with van der Waals surface area (Å²) in [6.07, 6.45) is 0.879. The normalized spacial score (nSPS) is 12.3. The van der Waals surface area contributed by atoms with Gasteiger partial charge in [-0.2, -0.15) is 0 Å². The molecule has 1 unspecified atom stereocenters. The van der Waals surface area contributed by atoms with Crippen LogP contribution in [0.15, 0.2) is 42.5 Å². The predicted octanol–water partition coefficient (Wildman–Crippen LogP) is 3.50. The lowest BCUT2D eigenvalue weighted by Gasteiger charge is -2.10. The van der Waals surface area contributed by atoms with Gasteiger partial charge in [-0.15, -0.1) is 0 Å². The molecule has 1 atom stereocenters. The molecule has 0 radical (unpaired) electrons. The number of hydrogen-bond donors (Lipinski definition) is 1. The Kier molecular flexibility index (Phi) is 3.98. The van der Waals surface area contributed by atoms with E-state index >= 15 is 0 Å². The lowest BCUT2D eigenvalue weighted by atomic mass is 10.1. The topological polar surface area (TPSA) is 29.1 Å². The largest absolute Gasteiger partial charge is 0.352 e. The molecule has 2 aromatic carbocycles. The molecule has 0 aliphatic heterocycles. The van der Waals surface area contributed by atoms with E-state index in [1.54, 1.807) is 0 Å². The van der Waals surface area contributed by atoms with E-state index in [1.807, 2.05) is 26.0 Å². The van der Waals surface area contributed by atoms with Gasteiger partial charge in [0.25, 0.3) is 0 Å². The van der Waals surface area contributed by atoms with Crippen molar-refractivity contribution in [3.05, 3.63) is 48.0 Å². The van der Waals surface area contributed by atoms with Gasteiger partial charge in [0.05, 0.1) is 0 Å². The van der Waals surface area contributed by atoms with Gasteiger partial charge in [-0.3, -0.25) is 4.79 Å². The molecule has 94 valence electrons. The Balaban J connectivity index is 2.06. The molecule has 0 bridgehead atoms. The molecule has 0 saturated carbocycles. The van der Waals surface area contributed by atoms with Crippen molar-refractivity contribution in [1.82, 2.24) is 5.32 Å². The fraction of sp³-hybridized carbons (Fsp3) is 0.312. The van der Waals surface area contributed by atoms with Crippen molar-refractivity contribution in [1.29, 1.82) is 0 Å². The summed E-state index contributed by atoms with van der Waals surface area (Å²) in [6, 6.07) is 14.5. The van der Waals surface area contributed by atoms with Crippen molar-refractivity contribution in [2.45, 2.75) is 26.8 Å². The Morgan fingerprint density at radius 2 is 1.89 bits per heavy atom. The van der Waals surface area contributed by atoms with Gasteiger partial charge in [0, 0.05) is 12.5 Å². The predicted molar refractivity (Wildman–Crippen MR) is 75.2 cm³/mol. The third-order valence-corrected chi connectivity index (χ3v) is 3.34. The first-order valence-corrected chi connectivity index (χ1v) is 6.46. The van der Waals surface area contributed by atoms with Crippen LogP contribution < -0.4 is 5.32 Å². The maximum absolute atomic E-state index is 11.7. The van der Waals surface area contributed by atoms with Crippen molar-refractivity contribution < 1.29 is 4.79 Å². The zero-order chi connectivity index (χ0) is 13.0. The third-order valence-electron chi connectivity index (χ3n) is 3.34. The SMILES string of the molecule is CCC(C)C(=O)NCc1ccc2ccccc2c1. The maximum atomic E-state index is 11.7. The van der Waals surface area contributed by atoms with Gasteiger partial charge >= 0.3 is 0 Å². The fourth-order valence-electron chi connectivity index (χ4n) is 1.90. The average Bonchev–Trinajstić information content (AvgIpc) is 2.43. The van der Waals surface area contributed by atoms with Gasteiger partial charge in [0.1, 0.15) is 0 Å². The second-order valence-corrected chi connectivity index (χ2v) is 4.71. The number of hydrogen-bond acceptors (Lipinski definition) is 1. The Morgan fingerprint density at radius 1 is 1.17 bits per heavy atom. The summed E-state index contributed by atoms with van der Waals surface area (Å²) in [4.78, 5) is 11.7. The minimum atomic E-state index is 0.0884. The summed E-state index contributed by atoms with van der Waals surface area (Å²) < 4.78 is 0. The quantitative estimate of drug-likeness (QED) is 0.872. The molecular formula is C16H19NO. The van der Waals surface area contributed by atoms with Crippen LogP contribution in [-0.2, 0) is 11.3 Å². The number of carbonyl (C=O) groups is 1. The minimum absolute atomic E-state index is 0.0884. The number of nitrogens with one attached hydrogen (secondary N) is 1. The zero-order valence-corrected chi connectivity index (χ0v) is 10.9. The van der Waals surface area contributed by atoms with Gasteiger partial charge in [0.2, 0.25) is 5.91 Å². The lowest BCUT2D eigenvalue weighted by molar-refractivity contribution is -0.124. The summed E-state index contributed by atoms with van der Waals surface area (Å²) >= 11 is 0. The first kappa shape index (κ1) is 12.6. The monoisotopic (exact) mass is 241 g/mol. The van der Waals surface area contributed by atoms with E-state index in [0.29, 0.717) is 6.54 Å². The molecule has 18 heavy (non-hydrogen) atoms. The molecule has 1 amide bonds. The van der Waals surface area contributed by atoms with E-state index in [0.717, 1.165) is 12.0 Å². The van der Waals surface area contributed by atoms with Crippen LogP contribution in [0.25, 0.3) is 10.8 Å². The van der Waals surface area contributed by atoms with E-state index in [-0.39, 0.29) is 11.8 Å². The summed E-state index contributed by atoms with van der Waals surface area (Å²) in [5.41, 5.74) is 1.14. The van der Waals surface area contributed by atoms with Crippen LogP contribution in [-0.4, -0.2) is 5.91 Å². The van der Waals surface area contributed by atoms with Gasteiger partial charge < -0.3 is 5.32 Å². The standard InChI is InChI=1S/C16H19NO/c1-3-12(2)16(18)17-11-13-8-9-14-6-4-5-7-15(14)10-13/h4-10,12H,3,11H2,1-2H3,(H,17,18). The van der Waals surface area contributed by atoms with E-state index in [2.05, 4.69) is 35.6 Å². The van der Waals surface area contributed by atoms with E-state index < -0.39 is 0 Å². The van der Waals surface area contributed by atoms with Crippen molar-refractivity contribution in [2.75, 3.05) is 0 Å². The second kappa shape index (κ2) is 5.67. The molecule has 0 spiro atoms. The Labute approximate surface area is 108 Å². The number of benzene rings is 2. The first-order chi connectivity index (χ1) is 8.70. The van der Waals surface area contributed by atoms with Crippen molar-refractivity contribution in [3.8, 4) is 0 Å². The zero-order valence-electron chi connectivity index (χ0n) is 10.9. The first-order valence-electron chi connectivity index (χ1n) is 6.46. The molecule has 2 aromatic rings. The molecule has 0 fully saturated rings. The van der Waals surface area contributed by atoms with Crippen molar-refractivity contribution >= 4 is 16.7 Å². The average molecular weight is 241 g/mol. The molecule has 2 rings (SSSR count). The smallest absolute Gasteiger partial charge is 0.223 e. The highest BCUT2D eigenvalue weighted by Gasteiger charge is 2.09. The number of rotatable bonds is 4. The maximum Gasteiger partial charge on any atom is 0.223 e. The van der Waals surface area contributed by atoms with Crippen LogP contribution in [0, 0.1) is 5.92 Å². The van der Waals surface area contributed by atoms with Crippen LogP contribution in [0.3, 0.4) is 0 Å². The number of fused-ring (bicyclic) bond motifs is 1. The van der Waals surface area contributed by atoms with Gasteiger partial charge in [-0.05, 0) is 28.8 Å². The van der Waals surface area contributed by atoms with Crippen LogP contribution in [0.4, 0.5) is 0 Å². The highest BCUT2D eigenvalue weighted by Crippen LogP contribution is 2.15. The van der Waals surface area contributed by atoms with Crippen LogP contribution >= 0.6 is 0 Å². The van der Waals surface area contributed by atoms with Crippen LogP contribution in [0.1, 0.15) is 25.8 Å². The Morgan fingerprint density at radius 3 is 2.61 bits per heavy atom. The Hall–Kier alpha value is -1.83. The van der Waals surface area contributed by atoms with Crippen LogP contribution in [0.2, 0.25) is 0 Å². The summed E-state index contributed by atoms with van der Waals surface area (Å²) in [7, 11) is 0. The van der Waals surface area contributed by atoms with Gasteiger partial charge in [0.15, 0.2) is 0 Å². The number of amides is 1. The van der Waals surface area contributed by atoms with Crippen LogP contribution in [0.5, 0.6) is 0 Å². The van der Waals surface area contributed by atoms with Crippen molar-refractivity contribution in [2.24, 2.45) is 5.92 Å². The molecule has 0 aliphatic rings. The van der Waals surface area contributed by atoms with E-state index in [9.17, 15) is 4.79 Å². The van der Waals surface area contributed by atoms with Gasteiger partial charge in [-0.25, -0.2) is 0 Å². The molecule has 0 aromatic heterocycles.